The van der Waals surface area contributed by atoms with Crippen molar-refractivity contribution in [2.75, 3.05) is 19.8 Å². The molecule has 0 saturated heterocycles. The minimum absolute atomic E-state index is 0.114. The molecule has 38 heavy (non-hydrogen) atoms. The number of nitrogens with two attached hydrogens (primary N) is 2. The van der Waals surface area contributed by atoms with Crippen molar-refractivity contribution in [3.63, 3.8) is 0 Å². The molecule has 5 nitrogen and oxygen atoms in total. The van der Waals surface area contributed by atoms with Crippen LogP contribution in [-0.4, -0.2) is 30.6 Å². The van der Waals surface area contributed by atoms with Gasteiger partial charge in [-0.25, -0.2) is 4.39 Å². The third kappa shape index (κ3) is 10.9. The predicted octanol–water partition coefficient (Wildman–Crippen LogP) is 7.47. The number of benzene rings is 2. The van der Waals surface area contributed by atoms with Crippen LogP contribution in [0.4, 0.5) is 10.1 Å². The standard InChI is InChI=1S/C16H24FNO.C11H16N2.C5H9N/c1-5-11-16(12-6-2,15(19)18(3)4)13-7-9-14(17)10-8-13;1-3-8(2)11(13)9-6-4-5-7-10(9)12;1-3-4-5(2)6/h7-10H,5-6,11-12H2,1-4H3;4-8,13H,3,12H2,1-2H3;3-4H,1,6H2,2H3/b;;5-4+. The van der Waals surface area contributed by atoms with Crippen molar-refractivity contribution in [3.8, 4) is 0 Å². The summed E-state index contributed by atoms with van der Waals surface area (Å²) in [6.07, 6.45) is 7.84. The number of rotatable bonds is 10. The van der Waals surface area contributed by atoms with Gasteiger partial charge in [-0.3, -0.25) is 4.79 Å². The lowest BCUT2D eigenvalue weighted by molar-refractivity contribution is -0.135. The van der Waals surface area contributed by atoms with Crippen molar-refractivity contribution in [1.82, 2.24) is 4.90 Å². The zero-order valence-corrected chi connectivity index (χ0v) is 24.5. The quantitative estimate of drug-likeness (QED) is 0.171. The van der Waals surface area contributed by atoms with E-state index >= 15 is 0 Å². The number of carbonyl (C=O) groups is 1. The Morgan fingerprint density at radius 1 is 1.08 bits per heavy atom. The van der Waals surface area contributed by atoms with Gasteiger partial charge in [0.2, 0.25) is 5.91 Å². The van der Waals surface area contributed by atoms with Crippen molar-refractivity contribution in [2.45, 2.75) is 72.1 Å². The second kappa shape index (κ2) is 17.9. The summed E-state index contributed by atoms with van der Waals surface area (Å²) < 4.78 is 13.1. The van der Waals surface area contributed by atoms with Crippen LogP contribution >= 0.6 is 0 Å². The Labute approximate surface area is 230 Å². The number of nitrogen functional groups attached to an aromatic ring is 1. The van der Waals surface area contributed by atoms with E-state index in [1.54, 1.807) is 43.3 Å². The minimum atomic E-state index is -0.513. The summed E-state index contributed by atoms with van der Waals surface area (Å²) in [6, 6.07) is 13.9. The Bertz CT molecular complexity index is 1020. The topological polar surface area (TPSA) is 96.2 Å². The molecule has 0 fully saturated rings. The van der Waals surface area contributed by atoms with Gasteiger partial charge in [0.25, 0.3) is 0 Å². The molecular formula is C32H49FN4O. The van der Waals surface area contributed by atoms with Crippen LogP contribution in [0.3, 0.4) is 0 Å². The van der Waals surface area contributed by atoms with Crippen LogP contribution < -0.4 is 11.5 Å². The maximum Gasteiger partial charge on any atom is 0.232 e. The van der Waals surface area contributed by atoms with Crippen LogP contribution in [0.1, 0.15) is 77.8 Å². The Balaban J connectivity index is 0.000000620. The molecule has 0 heterocycles. The molecule has 1 unspecified atom stereocenters. The number of nitrogens with zero attached hydrogens (tertiary/aromatic N) is 1. The van der Waals surface area contributed by atoms with E-state index in [4.69, 9.17) is 16.9 Å². The first-order valence-electron chi connectivity index (χ1n) is 13.4. The van der Waals surface area contributed by atoms with Crippen LogP contribution in [0.25, 0.3) is 0 Å². The zero-order chi connectivity index (χ0) is 29.3. The highest BCUT2D eigenvalue weighted by atomic mass is 19.1. The molecular weight excluding hydrogens is 475 g/mol. The van der Waals surface area contributed by atoms with Crippen LogP contribution in [0.15, 0.2) is 73.0 Å². The number of anilines is 1. The number of carbonyl (C=O) groups excluding carboxylic acids is 1. The van der Waals surface area contributed by atoms with E-state index in [-0.39, 0.29) is 17.6 Å². The highest BCUT2D eigenvalue weighted by molar-refractivity contribution is 6.03. The molecule has 0 aliphatic heterocycles. The smallest absolute Gasteiger partial charge is 0.232 e. The lowest BCUT2D eigenvalue weighted by Crippen LogP contribution is -2.43. The lowest BCUT2D eigenvalue weighted by Gasteiger charge is -2.35. The molecule has 1 amide bonds. The number of halogens is 1. The Kier molecular flexibility index (Phi) is 16.3. The van der Waals surface area contributed by atoms with Crippen molar-refractivity contribution in [1.29, 1.82) is 5.41 Å². The van der Waals surface area contributed by atoms with Gasteiger partial charge < -0.3 is 21.8 Å². The number of nitrogens with one attached hydrogen (secondary N) is 1. The van der Waals surface area contributed by atoms with Gasteiger partial charge in [0.1, 0.15) is 5.82 Å². The fourth-order valence-corrected chi connectivity index (χ4v) is 4.20. The van der Waals surface area contributed by atoms with E-state index in [0.29, 0.717) is 11.4 Å². The number of hydrogen-bond acceptors (Lipinski definition) is 4. The molecule has 2 rings (SSSR count). The fourth-order valence-electron chi connectivity index (χ4n) is 4.20. The fraction of sp³-hybridized carbons (Fsp3) is 0.438. The molecule has 5 N–H and O–H groups in total. The average Bonchev–Trinajstić information content (AvgIpc) is 2.88. The largest absolute Gasteiger partial charge is 0.402 e. The van der Waals surface area contributed by atoms with Gasteiger partial charge in [-0.2, -0.15) is 0 Å². The van der Waals surface area contributed by atoms with Gasteiger partial charge >= 0.3 is 0 Å². The highest BCUT2D eigenvalue weighted by Gasteiger charge is 2.39. The van der Waals surface area contributed by atoms with E-state index in [2.05, 4.69) is 34.3 Å². The summed E-state index contributed by atoms with van der Waals surface area (Å²) in [5.74, 6) is 0.135. The molecule has 0 aliphatic carbocycles. The number of para-hydroxylation sites is 1. The highest BCUT2D eigenvalue weighted by Crippen LogP contribution is 2.36. The third-order valence-corrected chi connectivity index (χ3v) is 6.30. The van der Waals surface area contributed by atoms with Gasteiger partial charge in [0.15, 0.2) is 0 Å². The molecule has 0 radical (unpaired) electrons. The number of allylic oxidation sites excluding steroid dienone is 3. The second-order valence-corrected chi connectivity index (χ2v) is 9.75. The first kappa shape index (κ1) is 34.6. The Hall–Kier alpha value is -3.41. The maximum absolute atomic E-state index is 13.1. The molecule has 0 bridgehead atoms. The summed E-state index contributed by atoms with van der Waals surface area (Å²) in [4.78, 5) is 14.3. The maximum atomic E-state index is 13.1. The molecule has 0 aliphatic rings. The van der Waals surface area contributed by atoms with Gasteiger partial charge in [-0.15, -0.1) is 0 Å². The predicted molar refractivity (Wildman–Crippen MR) is 162 cm³/mol. The summed E-state index contributed by atoms with van der Waals surface area (Å²) in [5, 5.41) is 7.90. The summed E-state index contributed by atoms with van der Waals surface area (Å²) in [5.41, 5.74) is 14.4. The average molecular weight is 525 g/mol. The molecule has 1 atom stereocenters. The SMILES string of the molecule is C=C/C=C(\C)N.CCC(C)C(=N)c1ccccc1N.CCCC(CCC)(C(=O)N(C)C)c1ccc(F)cc1. The molecule has 0 spiro atoms. The first-order chi connectivity index (χ1) is 17.9. The Morgan fingerprint density at radius 3 is 1.97 bits per heavy atom. The van der Waals surface area contributed by atoms with Crippen molar-refractivity contribution in [2.24, 2.45) is 11.7 Å². The van der Waals surface area contributed by atoms with Gasteiger partial charge in [-0.05, 0) is 61.9 Å². The summed E-state index contributed by atoms with van der Waals surface area (Å²) in [7, 11) is 3.57. The molecule has 2 aromatic carbocycles. The van der Waals surface area contributed by atoms with Crippen LogP contribution in [0.5, 0.6) is 0 Å². The molecule has 6 heteroatoms. The summed E-state index contributed by atoms with van der Waals surface area (Å²) in [6.45, 7) is 13.6. The number of likely N-dealkylation sites (N-methyl/N-ethyl adjacent to an activating group) is 1. The molecule has 0 saturated carbocycles. The van der Waals surface area contributed by atoms with Crippen molar-refractivity contribution < 1.29 is 9.18 Å². The monoisotopic (exact) mass is 524 g/mol. The van der Waals surface area contributed by atoms with Crippen molar-refractivity contribution >= 4 is 17.3 Å². The number of hydrogen-bond donors (Lipinski definition) is 3. The third-order valence-electron chi connectivity index (χ3n) is 6.30. The first-order valence-corrected chi connectivity index (χ1v) is 13.4. The molecule has 0 aromatic heterocycles. The lowest BCUT2D eigenvalue weighted by atomic mass is 9.72. The van der Waals surface area contributed by atoms with E-state index in [9.17, 15) is 9.18 Å². The van der Waals surface area contributed by atoms with Gasteiger partial charge in [0, 0.05) is 36.8 Å². The van der Waals surface area contributed by atoms with E-state index < -0.39 is 5.41 Å². The van der Waals surface area contributed by atoms with Crippen LogP contribution in [0.2, 0.25) is 0 Å². The summed E-state index contributed by atoms with van der Waals surface area (Å²) >= 11 is 0. The van der Waals surface area contributed by atoms with E-state index in [1.165, 1.54) is 12.1 Å². The van der Waals surface area contributed by atoms with E-state index in [1.807, 2.05) is 31.2 Å². The van der Waals surface area contributed by atoms with E-state index in [0.717, 1.165) is 48.9 Å². The normalized spacial score (nSPS) is 11.7. The minimum Gasteiger partial charge on any atom is -0.402 e. The zero-order valence-electron chi connectivity index (χ0n) is 24.5. The van der Waals surface area contributed by atoms with Crippen LogP contribution in [0, 0.1) is 17.1 Å². The molecule has 2 aromatic rings. The number of amides is 1. The van der Waals surface area contributed by atoms with Crippen LogP contribution in [-0.2, 0) is 10.2 Å². The van der Waals surface area contributed by atoms with Gasteiger partial charge in [0.05, 0.1) is 5.41 Å². The second-order valence-electron chi connectivity index (χ2n) is 9.75. The van der Waals surface area contributed by atoms with Gasteiger partial charge in [-0.1, -0.05) is 83.5 Å². The Morgan fingerprint density at radius 2 is 1.61 bits per heavy atom. The molecule has 210 valence electrons. The van der Waals surface area contributed by atoms with Crippen molar-refractivity contribution in [3.05, 3.63) is 89.9 Å².